The lowest BCUT2D eigenvalue weighted by molar-refractivity contribution is -0.121. The Hall–Kier alpha value is -2.73. The number of amides is 1. The number of nitrogens with one attached hydrogen (secondary N) is 1. The molecule has 2 aromatic carbocycles. The van der Waals surface area contributed by atoms with Crippen molar-refractivity contribution in [2.45, 2.75) is 19.9 Å². The molecule has 0 saturated heterocycles. The van der Waals surface area contributed by atoms with Crippen LogP contribution in [0.5, 0.6) is 0 Å². The van der Waals surface area contributed by atoms with E-state index in [0.29, 0.717) is 17.3 Å². The molecule has 0 aliphatic carbocycles. The maximum Gasteiger partial charge on any atom is 0.241 e. The Morgan fingerprint density at radius 3 is 2.79 bits per heavy atom. The van der Waals surface area contributed by atoms with Crippen LogP contribution in [0, 0.1) is 0 Å². The van der Waals surface area contributed by atoms with Crippen LogP contribution in [0.3, 0.4) is 0 Å². The number of nitrogens with zero attached hydrogens (tertiary/aromatic N) is 4. The normalized spacial score (nSPS) is 11.7. The van der Waals surface area contributed by atoms with Gasteiger partial charge in [0.25, 0.3) is 0 Å². The highest BCUT2D eigenvalue weighted by Gasteiger charge is 2.07. The monoisotopic (exact) mass is 341 g/mol. The number of carbonyl (C=O) groups excluding carboxylic acids is 1. The van der Waals surface area contributed by atoms with E-state index < -0.39 is 0 Å². The van der Waals surface area contributed by atoms with Crippen LogP contribution in [-0.4, -0.2) is 26.6 Å². The van der Waals surface area contributed by atoms with Crippen molar-refractivity contribution in [3.63, 3.8) is 0 Å². The van der Waals surface area contributed by atoms with E-state index in [1.54, 1.807) is 17.7 Å². The highest BCUT2D eigenvalue weighted by Crippen LogP contribution is 2.15. The number of rotatable bonds is 5. The summed E-state index contributed by atoms with van der Waals surface area (Å²) in [6.45, 7) is 2.24. The minimum absolute atomic E-state index is 0.194. The van der Waals surface area contributed by atoms with E-state index in [0.717, 1.165) is 16.6 Å². The summed E-state index contributed by atoms with van der Waals surface area (Å²) >= 11 is 6.11. The van der Waals surface area contributed by atoms with Gasteiger partial charge in [0.15, 0.2) is 0 Å². The maximum absolute atomic E-state index is 12.0. The molecule has 1 heterocycles. The molecule has 3 aromatic rings. The number of fused-ring (bicyclic) bond motifs is 1. The number of halogens is 1. The fraction of sp³-hybridized carbons (Fsp3) is 0.176. The van der Waals surface area contributed by atoms with Gasteiger partial charge in [0.1, 0.15) is 5.52 Å². The van der Waals surface area contributed by atoms with Crippen molar-refractivity contribution in [1.82, 2.24) is 20.4 Å². The van der Waals surface area contributed by atoms with E-state index in [2.05, 4.69) is 20.8 Å². The fourth-order valence-corrected chi connectivity index (χ4v) is 2.58. The Kier molecular flexibility index (Phi) is 4.86. The molecule has 0 aliphatic heterocycles. The van der Waals surface area contributed by atoms with E-state index in [9.17, 15) is 4.79 Å². The number of hydrogen-bond acceptors (Lipinski definition) is 4. The van der Waals surface area contributed by atoms with Crippen molar-refractivity contribution in [1.29, 1.82) is 0 Å². The van der Waals surface area contributed by atoms with Crippen molar-refractivity contribution >= 4 is 34.3 Å². The second kappa shape index (κ2) is 7.23. The van der Waals surface area contributed by atoms with Gasteiger partial charge < -0.3 is 0 Å². The quantitative estimate of drug-likeness (QED) is 0.572. The number of para-hydroxylation sites is 1. The van der Waals surface area contributed by atoms with Crippen LogP contribution < -0.4 is 5.43 Å². The summed E-state index contributed by atoms with van der Waals surface area (Å²) in [5, 5.41) is 12.8. The zero-order valence-corrected chi connectivity index (χ0v) is 13.9. The zero-order chi connectivity index (χ0) is 16.9. The second-order valence-electron chi connectivity index (χ2n) is 5.26. The lowest BCUT2D eigenvalue weighted by Gasteiger charge is -2.05. The summed E-state index contributed by atoms with van der Waals surface area (Å²) in [5.41, 5.74) is 5.71. The molecule has 0 radical (unpaired) electrons. The van der Waals surface area contributed by atoms with Crippen LogP contribution in [0.1, 0.15) is 18.9 Å². The number of hydrazone groups is 1. The first-order chi connectivity index (χ1) is 11.6. The molecule has 0 bridgehead atoms. The van der Waals surface area contributed by atoms with Crippen LogP contribution in [0.2, 0.25) is 5.02 Å². The summed E-state index contributed by atoms with van der Waals surface area (Å²) in [7, 11) is 0. The van der Waals surface area contributed by atoms with Crippen molar-refractivity contribution in [2.24, 2.45) is 5.10 Å². The van der Waals surface area contributed by atoms with Crippen LogP contribution in [0.15, 0.2) is 53.6 Å². The third-order valence-corrected chi connectivity index (χ3v) is 3.91. The van der Waals surface area contributed by atoms with Gasteiger partial charge in [-0.2, -0.15) is 5.10 Å². The molecule has 0 spiro atoms. The molecule has 24 heavy (non-hydrogen) atoms. The summed E-state index contributed by atoms with van der Waals surface area (Å²) in [6.07, 6.45) is 0.257. The molecule has 3 rings (SSSR count). The van der Waals surface area contributed by atoms with Crippen LogP contribution >= 0.6 is 11.6 Å². The highest BCUT2D eigenvalue weighted by atomic mass is 35.5. The van der Waals surface area contributed by atoms with E-state index in [1.165, 1.54) is 0 Å². The number of aromatic nitrogens is 3. The number of benzene rings is 2. The first kappa shape index (κ1) is 16.1. The molecule has 0 aliphatic rings. The summed E-state index contributed by atoms with van der Waals surface area (Å²) < 4.78 is 1.71. The Balaban J connectivity index is 1.60. The smallest absolute Gasteiger partial charge is 0.241 e. The topological polar surface area (TPSA) is 72.2 Å². The van der Waals surface area contributed by atoms with Gasteiger partial charge in [0.05, 0.1) is 17.8 Å². The molecule has 1 N–H and O–H groups in total. The number of carbonyl (C=O) groups is 1. The summed E-state index contributed by atoms with van der Waals surface area (Å²) in [6, 6.07) is 15.0. The molecule has 0 fully saturated rings. The van der Waals surface area contributed by atoms with Gasteiger partial charge in [-0.15, -0.1) is 5.10 Å². The van der Waals surface area contributed by atoms with Crippen molar-refractivity contribution in [2.75, 3.05) is 0 Å². The third-order valence-electron chi connectivity index (χ3n) is 3.58. The molecule has 7 heteroatoms. The molecule has 0 unspecified atom stereocenters. The molecule has 122 valence electrons. The predicted molar refractivity (Wildman–Crippen MR) is 94.0 cm³/mol. The lowest BCUT2D eigenvalue weighted by atomic mass is 10.1. The first-order valence-electron chi connectivity index (χ1n) is 7.51. The zero-order valence-electron chi connectivity index (χ0n) is 13.1. The Morgan fingerprint density at radius 1 is 1.21 bits per heavy atom. The average molecular weight is 342 g/mol. The van der Waals surface area contributed by atoms with E-state index in [4.69, 9.17) is 11.6 Å². The van der Waals surface area contributed by atoms with Gasteiger partial charge >= 0.3 is 0 Å². The molecule has 0 saturated carbocycles. The molecule has 0 atom stereocenters. The Bertz CT molecular complexity index is 903. The van der Waals surface area contributed by atoms with Gasteiger partial charge in [-0.25, -0.2) is 10.1 Å². The van der Waals surface area contributed by atoms with Gasteiger partial charge in [-0.3, -0.25) is 4.79 Å². The molecule has 6 nitrogen and oxygen atoms in total. The van der Waals surface area contributed by atoms with Crippen molar-refractivity contribution in [3.05, 3.63) is 59.1 Å². The molecular weight excluding hydrogens is 326 g/mol. The predicted octanol–water partition coefficient (Wildman–Crippen LogP) is 3.02. The summed E-state index contributed by atoms with van der Waals surface area (Å²) in [5.74, 6) is -0.194. The molecular formula is C17H16ClN5O. The van der Waals surface area contributed by atoms with Crippen molar-refractivity contribution in [3.8, 4) is 0 Å². The summed E-state index contributed by atoms with van der Waals surface area (Å²) in [4.78, 5) is 12.0. The second-order valence-corrected chi connectivity index (χ2v) is 5.67. The minimum atomic E-state index is -0.194. The first-order valence-corrected chi connectivity index (χ1v) is 7.89. The standard InChI is InChI=1S/C17H16ClN5O/c1-12(13-6-2-3-7-14(13)18)19-21-17(24)10-11-23-16-9-5-4-8-15(16)20-22-23/h2-9H,10-11H2,1H3,(H,21,24). The van der Waals surface area contributed by atoms with Gasteiger partial charge in [0.2, 0.25) is 5.91 Å². The minimum Gasteiger partial charge on any atom is -0.273 e. The van der Waals surface area contributed by atoms with Gasteiger partial charge in [-0.05, 0) is 25.1 Å². The van der Waals surface area contributed by atoms with E-state index >= 15 is 0 Å². The van der Waals surface area contributed by atoms with Gasteiger partial charge in [0, 0.05) is 17.0 Å². The largest absolute Gasteiger partial charge is 0.273 e. The lowest BCUT2D eigenvalue weighted by Crippen LogP contribution is -2.21. The van der Waals surface area contributed by atoms with Gasteiger partial charge in [-0.1, -0.05) is 47.1 Å². The SMILES string of the molecule is CC(=NNC(=O)CCn1nnc2ccccc21)c1ccccc1Cl. The molecule has 1 aromatic heterocycles. The Morgan fingerprint density at radius 2 is 1.96 bits per heavy atom. The fourth-order valence-electron chi connectivity index (χ4n) is 2.31. The molecule has 1 amide bonds. The van der Waals surface area contributed by atoms with Crippen LogP contribution in [0.25, 0.3) is 11.0 Å². The average Bonchev–Trinajstić information content (AvgIpc) is 3.01. The van der Waals surface area contributed by atoms with Crippen molar-refractivity contribution < 1.29 is 4.79 Å². The van der Waals surface area contributed by atoms with Crippen LogP contribution in [0.4, 0.5) is 0 Å². The van der Waals surface area contributed by atoms with Crippen LogP contribution in [-0.2, 0) is 11.3 Å². The highest BCUT2D eigenvalue weighted by molar-refractivity contribution is 6.34. The van der Waals surface area contributed by atoms with E-state index in [1.807, 2.05) is 42.5 Å². The number of aryl methyl sites for hydroxylation is 1. The third kappa shape index (κ3) is 3.60. The maximum atomic E-state index is 12.0. The number of hydrogen-bond donors (Lipinski definition) is 1. The Labute approximate surface area is 144 Å². The van der Waals surface area contributed by atoms with E-state index in [-0.39, 0.29) is 12.3 Å².